The molecule has 1 aromatic carbocycles. The van der Waals surface area contributed by atoms with Gasteiger partial charge in [-0.1, -0.05) is 0 Å². The second-order valence-electron chi connectivity index (χ2n) is 5.15. The highest BCUT2D eigenvalue weighted by Gasteiger charge is 2.12. The van der Waals surface area contributed by atoms with Gasteiger partial charge in [-0.15, -0.1) is 0 Å². The first-order chi connectivity index (χ1) is 11.3. The highest BCUT2D eigenvalue weighted by atomic mass is 79.9. The van der Waals surface area contributed by atoms with E-state index in [1.54, 1.807) is 43.8 Å². The zero-order valence-corrected chi connectivity index (χ0v) is 14.8. The molecule has 0 aliphatic rings. The molecule has 0 radical (unpaired) electrons. The molecule has 0 fully saturated rings. The summed E-state index contributed by atoms with van der Waals surface area (Å²) >= 11 is 0. The molecule has 3 aromatic rings. The molecule has 3 rings (SSSR count). The van der Waals surface area contributed by atoms with Crippen LogP contribution >= 0.6 is 0 Å². The summed E-state index contributed by atoms with van der Waals surface area (Å²) in [6, 6.07) is 15.1. The van der Waals surface area contributed by atoms with Crippen molar-refractivity contribution in [3.63, 3.8) is 0 Å². The number of methoxy groups -OCH3 is 1. The molecule has 0 spiro atoms. The van der Waals surface area contributed by atoms with Gasteiger partial charge in [0.25, 0.3) is 0 Å². The molecular formula is C19H17BrN2O2. The van der Waals surface area contributed by atoms with E-state index in [0.717, 1.165) is 16.9 Å². The Kier molecular flexibility index (Phi) is 6.21. The van der Waals surface area contributed by atoms with E-state index in [0.29, 0.717) is 12.1 Å². The van der Waals surface area contributed by atoms with Crippen LogP contribution in [0.2, 0.25) is 0 Å². The van der Waals surface area contributed by atoms with Gasteiger partial charge in [-0.25, -0.2) is 0 Å². The van der Waals surface area contributed by atoms with Gasteiger partial charge in [0.1, 0.15) is 5.75 Å². The van der Waals surface area contributed by atoms with Gasteiger partial charge in [-0.3, -0.25) is 9.78 Å². The maximum atomic E-state index is 12.3. The van der Waals surface area contributed by atoms with E-state index < -0.39 is 0 Å². The van der Waals surface area contributed by atoms with Crippen molar-refractivity contribution in [2.75, 3.05) is 7.11 Å². The third kappa shape index (κ3) is 4.26. The molecule has 0 amide bonds. The first-order valence-electron chi connectivity index (χ1n) is 7.33. The predicted molar refractivity (Wildman–Crippen MR) is 87.2 cm³/mol. The second-order valence-corrected chi connectivity index (χ2v) is 5.15. The Morgan fingerprint density at radius 1 is 0.958 bits per heavy atom. The van der Waals surface area contributed by atoms with E-state index in [2.05, 4.69) is 4.98 Å². The average Bonchev–Trinajstić information content (AvgIpc) is 2.63. The zero-order chi connectivity index (χ0) is 16.1. The van der Waals surface area contributed by atoms with Crippen LogP contribution in [-0.2, 0) is 6.54 Å². The number of aromatic nitrogens is 2. The molecule has 2 heterocycles. The van der Waals surface area contributed by atoms with Gasteiger partial charge >= 0.3 is 0 Å². The van der Waals surface area contributed by atoms with Gasteiger partial charge in [0, 0.05) is 30.1 Å². The van der Waals surface area contributed by atoms with Crippen LogP contribution in [0.5, 0.6) is 5.75 Å². The van der Waals surface area contributed by atoms with Crippen molar-refractivity contribution in [2.45, 2.75) is 6.54 Å². The number of nitrogens with zero attached hydrogens (tertiary/aromatic N) is 2. The van der Waals surface area contributed by atoms with Gasteiger partial charge in [-0.2, -0.15) is 4.57 Å². The minimum Gasteiger partial charge on any atom is -1.00 e. The minimum absolute atomic E-state index is 0. The van der Waals surface area contributed by atoms with E-state index in [4.69, 9.17) is 4.74 Å². The topological polar surface area (TPSA) is 43.1 Å². The molecule has 0 atom stereocenters. The van der Waals surface area contributed by atoms with Crippen molar-refractivity contribution in [1.29, 1.82) is 0 Å². The largest absolute Gasteiger partial charge is 1.00 e. The molecule has 0 bridgehead atoms. The lowest BCUT2D eigenvalue weighted by Crippen LogP contribution is -3.00. The Bertz CT molecular complexity index is 788. The fourth-order valence-corrected chi connectivity index (χ4v) is 2.33. The maximum Gasteiger partial charge on any atom is 0.227 e. The fraction of sp³-hybridized carbons (Fsp3) is 0.105. The van der Waals surface area contributed by atoms with Crippen molar-refractivity contribution in [2.24, 2.45) is 0 Å². The number of carbonyl (C=O) groups excluding carboxylic acids is 1. The molecule has 0 saturated heterocycles. The van der Waals surface area contributed by atoms with E-state index in [1.165, 1.54) is 0 Å². The molecule has 24 heavy (non-hydrogen) atoms. The Morgan fingerprint density at radius 3 is 2.12 bits per heavy atom. The summed E-state index contributed by atoms with van der Waals surface area (Å²) in [6.07, 6.45) is 7.36. The molecule has 4 nitrogen and oxygen atoms in total. The molecule has 0 unspecified atom stereocenters. The average molecular weight is 385 g/mol. The summed E-state index contributed by atoms with van der Waals surface area (Å²) in [6.45, 7) is 0.308. The molecular weight excluding hydrogens is 368 g/mol. The molecule has 5 heteroatoms. The number of benzene rings is 1. The molecule has 2 aromatic heterocycles. The summed E-state index contributed by atoms with van der Waals surface area (Å²) in [5.41, 5.74) is 2.88. The Labute approximate surface area is 151 Å². The van der Waals surface area contributed by atoms with E-state index in [-0.39, 0.29) is 22.8 Å². The summed E-state index contributed by atoms with van der Waals surface area (Å²) in [5, 5.41) is 0. The van der Waals surface area contributed by atoms with Crippen LogP contribution in [0.15, 0.2) is 73.3 Å². The number of ketones is 1. The summed E-state index contributed by atoms with van der Waals surface area (Å²) in [5.74, 6) is 0.810. The van der Waals surface area contributed by atoms with E-state index >= 15 is 0 Å². The SMILES string of the molecule is COc1ccc(C(=O)C[n+]2ccc(-c3ccncc3)cc2)cc1.[Br-]. The fourth-order valence-electron chi connectivity index (χ4n) is 2.33. The summed E-state index contributed by atoms with van der Waals surface area (Å²) < 4.78 is 6.97. The normalized spacial score (nSPS) is 9.88. The van der Waals surface area contributed by atoms with Crippen molar-refractivity contribution < 1.29 is 31.1 Å². The summed E-state index contributed by atoms with van der Waals surface area (Å²) in [7, 11) is 1.61. The molecule has 0 aliphatic carbocycles. The Morgan fingerprint density at radius 2 is 1.54 bits per heavy atom. The van der Waals surface area contributed by atoms with Crippen LogP contribution in [0, 0.1) is 0 Å². The number of pyridine rings is 2. The number of ether oxygens (including phenoxy) is 1. The zero-order valence-electron chi connectivity index (χ0n) is 13.2. The lowest BCUT2D eigenvalue weighted by molar-refractivity contribution is -0.683. The Balaban J connectivity index is 0.00000208. The van der Waals surface area contributed by atoms with E-state index in [1.807, 2.05) is 41.2 Å². The number of hydrogen-bond donors (Lipinski definition) is 0. The van der Waals surface area contributed by atoms with Crippen molar-refractivity contribution >= 4 is 5.78 Å². The van der Waals surface area contributed by atoms with Gasteiger partial charge in [0.2, 0.25) is 12.3 Å². The third-order valence-electron chi connectivity index (χ3n) is 3.64. The van der Waals surface area contributed by atoms with Gasteiger partial charge in [-0.05, 0) is 47.5 Å². The third-order valence-corrected chi connectivity index (χ3v) is 3.64. The quantitative estimate of drug-likeness (QED) is 0.456. The second kappa shape index (κ2) is 8.36. The summed E-state index contributed by atoms with van der Waals surface area (Å²) in [4.78, 5) is 16.3. The monoisotopic (exact) mass is 384 g/mol. The lowest BCUT2D eigenvalue weighted by Gasteiger charge is -2.02. The van der Waals surface area contributed by atoms with Gasteiger partial charge in [0.15, 0.2) is 12.4 Å². The molecule has 122 valence electrons. The number of hydrogen-bond acceptors (Lipinski definition) is 3. The number of rotatable bonds is 5. The number of carbonyl (C=O) groups is 1. The van der Waals surface area contributed by atoms with E-state index in [9.17, 15) is 4.79 Å². The van der Waals surface area contributed by atoms with Crippen molar-refractivity contribution in [1.82, 2.24) is 4.98 Å². The van der Waals surface area contributed by atoms with Crippen LogP contribution in [0.1, 0.15) is 10.4 Å². The Hall–Kier alpha value is -2.53. The van der Waals surface area contributed by atoms with Gasteiger partial charge in [0.05, 0.1) is 7.11 Å². The maximum absolute atomic E-state index is 12.3. The lowest BCUT2D eigenvalue weighted by atomic mass is 10.1. The molecule has 0 saturated carbocycles. The van der Waals surface area contributed by atoms with Crippen LogP contribution in [0.25, 0.3) is 11.1 Å². The van der Waals surface area contributed by atoms with Crippen molar-refractivity contribution in [3.05, 3.63) is 78.9 Å². The highest BCUT2D eigenvalue weighted by Crippen LogP contribution is 2.16. The molecule has 0 aliphatic heterocycles. The standard InChI is InChI=1S/C19H17N2O2.BrH/c1-23-18-4-2-17(3-5-18)19(22)14-21-12-8-16(9-13-21)15-6-10-20-11-7-15;/h2-13H,14H2,1H3;1H/q+1;/p-1. The number of halogens is 1. The van der Waals surface area contributed by atoms with Crippen LogP contribution in [-0.4, -0.2) is 17.9 Å². The minimum atomic E-state index is 0. The van der Waals surface area contributed by atoms with Crippen LogP contribution < -0.4 is 26.3 Å². The highest BCUT2D eigenvalue weighted by molar-refractivity contribution is 5.95. The van der Waals surface area contributed by atoms with Crippen LogP contribution in [0.4, 0.5) is 0 Å². The first-order valence-corrected chi connectivity index (χ1v) is 7.33. The predicted octanol–water partition coefficient (Wildman–Crippen LogP) is -0.0684. The molecule has 0 N–H and O–H groups in total. The van der Waals surface area contributed by atoms with Gasteiger partial charge < -0.3 is 21.7 Å². The smallest absolute Gasteiger partial charge is 0.227 e. The van der Waals surface area contributed by atoms with Crippen LogP contribution in [0.3, 0.4) is 0 Å². The first kappa shape index (κ1) is 17.8. The van der Waals surface area contributed by atoms with Crippen molar-refractivity contribution in [3.8, 4) is 16.9 Å². The number of Topliss-reactive ketones (excluding diaryl/α,β-unsaturated/α-hetero) is 1.